The van der Waals surface area contributed by atoms with Gasteiger partial charge in [0.2, 0.25) is 0 Å². The van der Waals surface area contributed by atoms with Gasteiger partial charge < -0.3 is 5.32 Å². The molecule has 2 aromatic heterocycles. The molecule has 0 atom stereocenters. The Kier molecular flexibility index (Phi) is 2.77. The summed E-state index contributed by atoms with van der Waals surface area (Å²) in [5.41, 5.74) is 0.790. The molecule has 0 amide bonds. The molecule has 2 heterocycles. The average Bonchev–Trinajstić information content (AvgIpc) is 2.59. The molecule has 2 aromatic rings. The molecule has 5 nitrogen and oxygen atoms in total. The maximum atomic E-state index is 4.48. The molecule has 0 bridgehead atoms. The first-order valence-electron chi connectivity index (χ1n) is 5.57. The summed E-state index contributed by atoms with van der Waals surface area (Å²) in [5.74, 6) is 2.06. The fourth-order valence-electron chi connectivity index (χ4n) is 1.54. The van der Waals surface area contributed by atoms with E-state index in [0.29, 0.717) is 12.0 Å². The fourth-order valence-corrected chi connectivity index (χ4v) is 1.54. The van der Waals surface area contributed by atoms with Crippen LogP contribution in [-0.4, -0.2) is 25.9 Å². The van der Waals surface area contributed by atoms with Gasteiger partial charge >= 0.3 is 0 Å². The van der Waals surface area contributed by atoms with Gasteiger partial charge in [-0.15, -0.1) is 15.3 Å². The number of rotatable bonds is 3. The van der Waals surface area contributed by atoms with Gasteiger partial charge in [0.15, 0.2) is 11.5 Å². The third kappa shape index (κ3) is 1.98. The van der Waals surface area contributed by atoms with Crippen molar-refractivity contribution in [1.29, 1.82) is 0 Å². The van der Waals surface area contributed by atoms with Crippen molar-refractivity contribution in [2.75, 3.05) is 5.32 Å². The quantitative estimate of drug-likeness (QED) is 0.858. The van der Waals surface area contributed by atoms with Gasteiger partial charge in [0.05, 0.1) is 0 Å². The first-order chi connectivity index (χ1) is 7.58. The predicted molar refractivity (Wildman–Crippen MR) is 63.6 cm³/mol. The van der Waals surface area contributed by atoms with E-state index in [-0.39, 0.29) is 0 Å². The molecule has 2 rings (SSSR count). The van der Waals surface area contributed by atoms with Gasteiger partial charge in [0.1, 0.15) is 5.82 Å². The number of nitrogens with zero attached hydrogens (tertiary/aromatic N) is 4. The molecular formula is C11H17N5. The molecule has 0 aliphatic rings. The van der Waals surface area contributed by atoms with E-state index in [2.05, 4.69) is 48.3 Å². The lowest BCUT2D eigenvalue weighted by Gasteiger charge is -2.09. The Bertz CT molecular complexity index is 486. The lowest BCUT2D eigenvalue weighted by atomic mass is 10.2. The van der Waals surface area contributed by atoms with Crippen molar-refractivity contribution in [1.82, 2.24) is 19.8 Å². The van der Waals surface area contributed by atoms with E-state index in [1.54, 1.807) is 4.52 Å². The van der Waals surface area contributed by atoms with E-state index in [1.807, 2.05) is 12.1 Å². The van der Waals surface area contributed by atoms with Crippen molar-refractivity contribution in [2.24, 2.45) is 0 Å². The molecule has 16 heavy (non-hydrogen) atoms. The minimum atomic E-state index is 0.316. The average molecular weight is 219 g/mol. The van der Waals surface area contributed by atoms with Crippen molar-refractivity contribution >= 4 is 11.5 Å². The Morgan fingerprint density at radius 1 is 1.12 bits per heavy atom. The highest BCUT2D eigenvalue weighted by molar-refractivity contribution is 5.44. The van der Waals surface area contributed by atoms with Crippen LogP contribution >= 0.6 is 0 Å². The molecular weight excluding hydrogens is 202 g/mol. The Hall–Kier alpha value is -1.65. The van der Waals surface area contributed by atoms with E-state index in [9.17, 15) is 0 Å². The van der Waals surface area contributed by atoms with Crippen LogP contribution in [0.4, 0.5) is 5.82 Å². The molecule has 1 N–H and O–H groups in total. The van der Waals surface area contributed by atoms with Crippen LogP contribution in [0.1, 0.15) is 39.4 Å². The maximum Gasteiger partial charge on any atom is 0.178 e. The summed E-state index contributed by atoms with van der Waals surface area (Å²) in [6, 6.07) is 4.22. The van der Waals surface area contributed by atoms with Gasteiger partial charge in [0, 0.05) is 12.0 Å². The Balaban J connectivity index is 2.46. The third-order valence-electron chi connectivity index (χ3n) is 2.24. The highest BCUT2D eigenvalue weighted by Gasteiger charge is 2.10. The maximum absolute atomic E-state index is 4.48. The van der Waals surface area contributed by atoms with Crippen molar-refractivity contribution in [2.45, 2.75) is 39.7 Å². The summed E-state index contributed by atoms with van der Waals surface area (Å²) in [7, 11) is 0. The van der Waals surface area contributed by atoms with Crippen molar-refractivity contribution in [3.05, 3.63) is 18.0 Å². The van der Waals surface area contributed by atoms with Gasteiger partial charge in [-0.1, -0.05) is 13.8 Å². The standard InChI is InChI=1S/C11H17N5/c1-7(2)11-14-13-10-6-5-9(12-8(3)4)15-16(10)11/h5-8H,1-4H3,(H,12,15). The first-order valence-corrected chi connectivity index (χ1v) is 5.57. The van der Waals surface area contributed by atoms with Crippen molar-refractivity contribution in [3.8, 4) is 0 Å². The SMILES string of the molecule is CC(C)Nc1ccc2nnc(C(C)C)n2n1. The monoisotopic (exact) mass is 219 g/mol. The lowest BCUT2D eigenvalue weighted by Crippen LogP contribution is -2.13. The van der Waals surface area contributed by atoms with Crippen LogP contribution < -0.4 is 5.32 Å². The first kappa shape index (κ1) is 10.9. The van der Waals surface area contributed by atoms with Gasteiger partial charge in [-0.25, -0.2) is 0 Å². The normalized spacial score (nSPS) is 11.6. The Morgan fingerprint density at radius 2 is 1.88 bits per heavy atom. The zero-order chi connectivity index (χ0) is 11.7. The van der Waals surface area contributed by atoms with Crippen LogP contribution in [-0.2, 0) is 0 Å². The number of nitrogens with one attached hydrogen (secondary N) is 1. The van der Waals surface area contributed by atoms with Gasteiger partial charge in [-0.05, 0) is 26.0 Å². The summed E-state index contributed by atoms with van der Waals surface area (Å²) in [4.78, 5) is 0. The molecule has 0 radical (unpaired) electrons. The lowest BCUT2D eigenvalue weighted by molar-refractivity contribution is 0.719. The minimum absolute atomic E-state index is 0.316. The van der Waals surface area contributed by atoms with Crippen LogP contribution in [0, 0.1) is 0 Å². The topological polar surface area (TPSA) is 55.1 Å². The van der Waals surface area contributed by atoms with E-state index >= 15 is 0 Å². The molecule has 0 saturated carbocycles. The molecule has 86 valence electrons. The summed E-state index contributed by atoms with van der Waals surface area (Å²) >= 11 is 0. The third-order valence-corrected chi connectivity index (χ3v) is 2.24. The smallest absolute Gasteiger partial charge is 0.178 e. The van der Waals surface area contributed by atoms with E-state index in [4.69, 9.17) is 0 Å². The van der Waals surface area contributed by atoms with Gasteiger partial charge in [-0.3, -0.25) is 0 Å². The second-order valence-corrected chi connectivity index (χ2v) is 4.50. The number of aromatic nitrogens is 4. The number of fused-ring (bicyclic) bond motifs is 1. The van der Waals surface area contributed by atoms with Crippen LogP contribution in [0.15, 0.2) is 12.1 Å². The molecule has 0 aromatic carbocycles. The fraction of sp³-hybridized carbons (Fsp3) is 0.545. The molecule has 0 spiro atoms. The number of hydrogen-bond donors (Lipinski definition) is 1. The van der Waals surface area contributed by atoms with Crippen LogP contribution in [0.25, 0.3) is 5.65 Å². The summed E-state index contributed by atoms with van der Waals surface area (Å²) in [6.45, 7) is 8.34. The van der Waals surface area contributed by atoms with E-state index in [0.717, 1.165) is 17.3 Å². The molecule has 0 fully saturated rings. The number of anilines is 1. The van der Waals surface area contributed by atoms with Crippen LogP contribution in [0.2, 0.25) is 0 Å². The Labute approximate surface area is 94.9 Å². The molecule has 0 aliphatic carbocycles. The van der Waals surface area contributed by atoms with E-state index < -0.39 is 0 Å². The van der Waals surface area contributed by atoms with Crippen LogP contribution in [0.5, 0.6) is 0 Å². The molecule has 0 unspecified atom stereocenters. The van der Waals surface area contributed by atoms with Gasteiger partial charge in [-0.2, -0.15) is 4.52 Å². The molecule has 0 aliphatic heterocycles. The highest BCUT2D eigenvalue weighted by atomic mass is 15.4. The highest BCUT2D eigenvalue weighted by Crippen LogP contribution is 2.14. The number of hydrogen-bond acceptors (Lipinski definition) is 4. The predicted octanol–water partition coefficient (Wildman–Crippen LogP) is 2.07. The minimum Gasteiger partial charge on any atom is -0.366 e. The summed E-state index contributed by atoms with van der Waals surface area (Å²) < 4.78 is 1.80. The summed E-state index contributed by atoms with van der Waals surface area (Å²) in [5, 5.41) is 16.0. The molecule has 0 saturated heterocycles. The Morgan fingerprint density at radius 3 is 2.50 bits per heavy atom. The largest absolute Gasteiger partial charge is 0.366 e. The zero-order valence-electron chi connectivity index (χ0n) is 10.1. The second-order valence-electron chi connectivity index (χ2n) is 4.50. The van der Waals surface area contributed by atoms with Crippen LogP contribution in [0.3, 0.4) is 0 Å². The van der Waals surface area contributed by atoms with E-state index in [1.165, 1.54) is 0 Å². The second kappa shape index (κ2) is 4.08. The van der Waals surface area contributed by atoms with Gasteiger partial charge in [0.25, 0.3) is 0 Å². The van der Waals surface area contributed by atoms with Crippen molar-refractivity contribution < 1.29 is 0 Å². The molecule has 5 heteroatoms. The van der Waals surface area contributed by atoms with Crippen molar-refractivity contribution in [3.63, 3.8) is 0 Å². The summed E-state index contributed by atoms with van der Waals surface area (Å²) in [6.07, 6.45) is 0. The zero-order valence-corrected chi connectivity index (χ0v) is 10.1.